The van der Waals surface area contributed by atoms with E-state index in [-0.39, 0.29) is 0 Å². The lowest BCUT2D eigenvalue weighted by molar-refractivity contribution is 0.205. The van der Waals surface area contributed by atoms with E-state index < -0.39 is 0 Å². The Balaban J connectivity index is 1.87. The van der Waals surface area contributed by atoms with Gasteiger partial charge in [-0.2, -0.15) is 0 Å². The summed E-state index contributed by atoms with van der Waals surface area (Å²) >= 11 is 0. The Morgan fingerprint density at radius 2 is 2.10 bits per heavy atom. The summed E-state index contributed by atoms with van der Waals surface area (Å²) < 4.78 is 0. The number of nitrogens with one attached hydrogen (secondary N) is 3. The Morgan fingerprint density at radius 1 is 1.35 bits per heavy atom. The van der Waals surface area contributed by atoms with Crippen LogP contribution in [0.3, 0.4) is 0 Å². The zero-order valence-corrected chi connectivity index (χ0v) is 12.7. The molecule has 1 aliphatic heterocycles. The summed E-state index contributed by atoms with van der Waals surface area (Å²) in [5.41, 5.74) is 2.86. The molecule has 1 unspecified atom stereocenters. The van der Waals surface area contributed by atoms with Gasteiger partial charge in [0.2, 0.25) is 0 Å². The first-order valence-corrected chi connectivity index (χ1v) is 7.50. The second kappa shape index (κ2) is 6.75. The number of hydrogen-bond donors (Lipinski definition) is 3. The smallest absolute Gasteiger partial charge is 0.189 e. The van der Waals surface area contributed by atoms with Crippen LogP contribution in [0.1, 0.15) is 44.4 Å². The third-order valence-electron chi connectivity index (χ3n) is 3.76. The van der Waals surface area contributed by atoms with Crippen molar-refractivity contribution in [1.29, 1.82) is 5.41 Å². The summed E-state index contributed by atoms with van der Waals surface area (Å²) in [4.78, 5) is 2.40. The van der Waals surface area contributed by atoms with Crippen molar-refractivity contribution < 1.29 is 0 Å². The first-order chi connectivity index (χ1) is 9.61. The van der Waals surface area contributed by atoms with E-state index in [4.69, 9.17) is 5.41 Å². The monoisotopic (exact) mass is 274 g/mol. The van der Waals surface area contributed by atoms with Crippen LogP contribution < -0.4 is 10.6 Å². The number of fused-ring (bicyclic) bond motifs is 1. The normalized spacial score (nSPS) is 18.1. The van der Waals surface area contributed by atoms with Crippen LogP contribution in [-0.4, -0.2) is 24.1 Å². The minimum Gasteiger partial charge on any atom is -0.356 e. The van der Waals surface area contributed by atoms with E-state index in [0.29, 0.717) is 17.9 Å². The Morgan fingerprint density at radius 3 is 2.80 bits per heavy atom. The van der Waals surface area contributed by atoms with Gasteiger partial charge in [-0.05, 0) is 23.5 Å². The molecule has 0 aromatic heterocycles. The Labute approximate surface area is 122 Å². The fourth-order valence-corrected chi connectivity index (χ4v) is 2.72. The average Bonchev–Trinajstić information content (AvgIpc) is 2.80. The van der Waals surface area contributed by atoms with E-state index in [2.05, 4.69) is 60.6 Å². The van der Waals surface area contributed by atoms with Gasteiger partial charge in [-0.25, -0.2) is 0 Å². The molecule has 0 saturated heterocycles. The van der Waals surface area contributed by atoms with Gasteiger partial charge in [-0.15, -0.1) is 0 Å². The van der Waals surface area contributed by atoms with E-state index in [1.807, 2.05) is 0 Å². The Bertz CT molecular complexity index is 456. The molecule has 1 aromatic carbocycles. The van der Waals surface area contributed by atoms with E-state index in [1.165, 1.54) is 11.1 Å². The summed E-state index contributed by atoms with van der Waals surface area (Å²) in [6, 6.07) is 9.13. The Kier molecular flexibility index (Phi) is 5.01. The first-order valence-electron chi connectivity index (χ1n) is 7.50. The molecule has 4 nitrogen and oxygen atoms in total. The molecule has 1 heterocycles. The minimum absolute atomic E-state index is 0.421. The zero-order chi connectivity index (χ0) is 14.5. The standard InChI is InChI=1S/C16H26N4/c1-4-15-14-8-6-5-7-13(14)10-20(15)11-19-16(17)18-9-12(2)3/h5-8,12,15H,4,9-11H2,1-3H3,(H3,17,18,19). The lowest BCUT2D eigenvalue weighted by Crippen LogP contribution is -2.43. The molecule has 2 rings (SSSR count). The predicted octanol–water partition coefficient (Wildman–Crippen LogP) is 2.68. The van der Waals surface area contributed by atoms with Gasteiger partial charge in [0.05, 0.1) is 6.67 Å². The van der Waals surface area contributed by atoms with Crippen LogP contribution in [0, 0.1) is 11.3 Å². The predicted molar refractivity (Wildman–Crippen MR) is 83.6 cm³/mol. The molecule has 3 N–H and O–H groups in total. The molecule has 0 aliphatic carbocycles. The molecule has 0 bridgehead atoms. The van der Waals surface area contributed by atoms with Gasteiger partial charge in [-0.3, -0.25) is 10.3 Å². The van der Waals surface area contributed by atoms with Gasteiger partial charge in [-0.1, -0.05) is 45.0 Å². The molecule has 0 saturated carbocycles. The maximum atomic E-state index is 7.88. The molecule has 110 valence electrons. The number of hydrogen-bond acceptors (Lipinski definition) is 2. The van der Waals surface area contributed by atoms with Crippen molar-refractivity contribution in [3.63, 3.8) is 0 Å². The van der Waals surface area contributed by atoms with E-state index in [1.54, 1.807) is 0 Å². The fraction of sp³-hybridized carbons (Fsp3) is 0.562. The van der Waals surface area contributed by atoms with Crippen LogP contribution in [0.2, 0.25) is 0 Å². The maximum Gasteiger partial charge on any atom is 0.189 e. The summed E-state index contributed by atoms with van der Waals surface area (Å²) in [7, 11) is 0. The summed E-state index contributed by atoms with van der Waals surface area (Å²) in [6.07, 6.45) is 1.10. The van der Waals surface area contributed by atoms with Gasteiger partial charge in [0.15, 0.2) is 5.96 Å². The molecule has 1 atom stereocenters. The Hall–Kier alpha value is -1.55. The highest BCUT2D eigenvalue weighted by molar-refractivity contribution is 5.76. The topological polar surface area (TPSA) is 51.2 Å². The molecule has 4 heteroatoms. The van der Waals surface area contributed by atoms with E-state index in [9.17, 15) is 0 Å². The van der Waals surface area contributed by atoms with Crippen molar-refractivity contribution in [3.8, 4) is 0 Å². The van der Waals surface area contributed by atoms with Crippen molar-refractivity contribution in [1.82, 2.24) is 15.5 Å². The largest absolute Gasteiger partial charge is 0.356 e. The minimum atomic E-state index is 0.421. The van der Waals surface area contributed by atoms with Crippen molar-refractivity contribution in [3.05, 3.63) is 35.4 Å². The van der Waals surface area contributed by atoms with Crippen molar-refractivity contribution >= 4 is 5.96 Å². The van der Waals surface area contributed by atoms with Gasteiger partial charge in [0.1, 0.15) is 0 Å². The molecule has 0 radical (unpaired) electrons. The molecular weight excluding hydrogens is 248 g/mol. The van der Waals surface area contributed by atoms with Gasteiger partial charge in [0, 0.05) is 19.1 Å². The third-order valence-corrected chi connectivity index (χ3v) is 3.76. The number of benzene rings is 1. The lowest BCUT2D eigenvalue weighted by Gasteiger charge is -2.25. The van der Waals surface area contributed by atoms with Crippen molar-refractivity contribution in [2.45, 2.75) is 39.8 Å². The quantitative estimate of drug-likeness (QED) is 0.571. The fourth-order valence-electron chi connectivity index (χ4n) is 2.72. The van der Waals surface area contributed by atoms with Crippen molar-refractivity contribution in [2.75, 3.05) is 13.2 Å². The SMILES string of the molecule is CCC1c2ccccc2CN1CNC(=N)NCC(C)C. The molecule has 20 heavy (non-hydrogen) atoms. The van der Waals surface area contributed by atoms with Crippen LogP contribution in [0.25, 0.3) is 0 Å². The molecule has 1 aliphatic rings. The molecule has 0 amide bonds. The molecular formula is C16H26N4. The number of rotatable bonds is 5. The maximum absolute atomic E-state index is 7.88. The van der Waals surface area contributed by atoms with E-state index >= 15 is 0 Å². The molecule has 1 aromatic rings. The summed E-state index contributed by atoms with van der Waals surface area (Å²) in [5, 5.41) is 14.2. The van der Waals surface area contributed by atoms with Gasteiger partial charge < -0.3 is 10.6 Å². The highest BCUT2D eigenvalue weighted by Crippen LogP contribution is 2.34. The lowest BCUT2D eigenvalue weighted by atomic mass is 10.0. The second-order valence-electron chi connectivity index (χ2n) is 5.85. The zero-order valence-electron chi connectivity index (χ0n) is 12.7. The second-order valence-corrected chi connectivity index (χ2v) is 5.85. The highest BCUT2D eigenvalue weighted by Gasteiger charge is 2.27. The van der Waals surface area contributed by atoms with Gasteiger partial charge in [0.25, 0.3) is 0 Å². The number of guanidine groups is 1. The van der Waals surface area contributed by atoms with Crippen LogP contribution in [-0.2, 0) is 6.54 Å². The van der Waals surface area contributed by atoms with Crippen LogP contribution in [0.15, 0.2) is 24.3 Å². The van der Waals surface area contributed by atoms with Crippen LogP contribution >= 0.6 is 0 Å². The highest BCUT2D eigenvalue weighted by atomic mass is 15.3. The summed E-state index contributed by atoms with van der Waals surface area (Å²) in [6.45, 7) is 9.04. The first kappa shape index (κ1) is 14.9. The summed E-state index contributed by atoms with van der Waals surface area (Å²) in [5.74, 6) is 0.973. The van der Waals surface area contributed by atoms with Gasteiger partial charge >= 0.3 is 0 Å². The van der Waals surface area contributed by atoms with Crippen LogP contribution in [0.5, 0.6) is 0 Å². The van der Waals surface area contributed by atoms with Crippen molar-refractivity contribution in [2.24, 2.45) is 5.92 Å². The third kappa shape index (κ3) is 3.51. The average molecular weight is 274 g/mol. The molecule has 0 spiro atoms. The molecule has 0 fully saturated rings. The van der Waals surface area contributed by atoms with Crippen LogP contribution in [0.4, 0.5) is 0 Å². The van der Waals surface area contributed by atoms with E-state index in [0.717, 1.165) is 26.2 Å². The number of nitrogens with zero attached hydrogens (tertiary/aromatic N) is 1.